The normalized spacial score (nSPS) is 23.4. The molecule has 5 rings (SSSR count). The molecule has 3 aromatic rings. The van der Waals surface area contributed by atoms with Crippen LogP contribution in [0.4, 0.5) is 5.69 Å². The van der Waals surface area contributed by atoms with Crippen LogP contribution in [-0.2, 0) is 19.6 Å². The monoisotopic (exact) mass is 628 g/mol. The smallest absolute Gasteiger partial charge is 0.304 e. The number of anilines is 1. The number of para-hydroxylation sites is 1. The van der Waals surface area contributed by atoms with E-state index in [0.717, 1.165) is 24.0 Å². The number of halogens is 2. The van der Waals surface area contributed by atoms with Crippen LogP contribution in [0.15, 0.2) is 78.9 Å². The topological polar surface area (TPSA) is 95.0 Å². The van der Waals surface area contributed by atoms with Crippen molar-refractivity contribution >= 4 is 50.8 Å². The number of carboxylic acid groups (broad SMARTS) is 1. The second kappa shape index (κ2) is 11.9. The number of sulfonamides is 1. The third-order valence-electron chi connectivity index (χ3n) is 8.45. The fourth-order valence-electron chi connectivity index (χ4n) is 6.39. The van der Waals surface area contributed by atoms with Crippen molar-refractivity contribution < 1.29 is 23.1 Å². The number of carbonyl (C=O) groups is 2. The van der Waals surface area contributed by atoms with Crippen LogP contribution in [0.1, 0.15) is 55.7 Å². The fourth-order valence-corrected chi connectivity index (χ4v) is 7.64. The molecule has 10 heteroatoms. The summed E-state index contributed by atoms with van der Waals surface area (Å²) in [6, 6.07) is 22.6. The van der Waals surface area contributed by atoms with Crippen molar-refractivity contribution in [2.75, 3.05) is 17.1 Å². The lowest BCUT2D eigenvalue weighted by Crippen LogP contribution is -2.59. The van der Waals surface area contributed by atoms with E-state index >= 15 is 0 Å². The van der Waals surface area contributed by atoms with Gasteiger partial charge in [-0.05, 0) is 72.7 Å². The number of carboxylic acids is 1. The molecule has 0 bridgehead atoms. The number of hydrogen-bond donors (Lipinski definition) is 1. The number of carbonyl (C=O) groups excluding carboxylic acids is 1. The van der Waals surface area contributed by atoms with Crippen LogP contribution in [0.3, 0.4) is 0 Å². The van der Waals surface area contributed by atoms with E-state index in [-0.39, 0.29) is 37.1 Å². The van der Waals surface area contributed by atoms with E-state index in [0.29, 0.717) is 15.7 Å². The van der Waals surface area contributed by atoms with Crippen LogP contribution in [0, 0.1) is 11.3 Å². The molecule has 2 aliphatic rings. The zero-order valence-electron chi connectivity index (χ0n) is 23.5. The number of hydrogen-bond acceptors (Lipinski definition) is 4. The van der Waals surface area contributed by atoms with E-state index < -0.39 is 33.5 Å². The van der Waals surface area contributed by atoms with E-state index in [9.17, 15) is 23.1 Å². The average molecular weight is 630 g/mol. The van der Waals surface area contributed by atoms with E-state index in [4.69, 9.17) is 23.2 Å². The van der Waals surface area contributed by atoms with Crippen molar-refractivity contribution in [1.29, 1.82) is 0 Å². The summed E-state index contributed by atoms with van der Waals surface area (Å²) in [5.41, 5.74) is 1.01. The van der Waals surface area contributed by atoms with Crippen LogP contribution in [0.2, 0.25) is 10.0 Å². The van der Waals surface area contributed by atoms with Gasteiger partial charge in [-0.2, -0.15) is 0 Å². The summed E-state index contributed by atoms with van der Waals surface area (Å²) < 4.78 is 27.7. The van der Waals surface area contributed by atoms with Crippen molar-refractivity contribution in [2.45, 2.75) is 50.6 Å². The zero-order valence-corrected chi connectivity index (χ0v) is 25.8. The van der Waals surface area contributed by atoms with Gasteiger partial charge in [-0.25, -0.2) is 8.42 Å². The lowest BCUT2D eigenvalue weighted by Gasteiger charge is -2.52. The van der Waals surface area contributed by atoms with Crippen LogP contribution in [-0.4, -0.2) is 49.1 Å². The molecule has 4 atom stereocenters. The van der Waals surface area contributed by atoms with E-state index in [2.05, 4.69) is 0 Å². The first-order chi connectivity index (χ1) is 19.9. The Balaban J connectivity index is 1.70. The van der Waals surface area contributed by atoms with Crippen LogP contribution < -0.4 is 4.31 Å². The molecule has 1 saturated carbocycles. The quantitative estimate of drug-likeness (QED) is 0.267. The van der Waals surface area contributed by atoms with E-state index in [1.165, 1.54) is 10.6 Å². The molecule has 7 nitrogen and oxygen atoms in total. The van der Waals surface area contributed by atoms with Gasteiger partial charge in [0.05, 0.1) is 42.4 Å². The Morgan fingerprint density at radius 3 is 2.24 bits per heavy atom. The number of likely N-dealkylation sites (tertiary alicyclic amines) is 1. The highest BCUT2D eigenvalue weighted by molar-refractivity contribution is 7.92. The molecule has 222 valence electrons. The van der Waals surface area contributed by atoms with Crippen LogP contribution in [0.5, 0.6) is 0 Å². The van der Waals surface area contributed by atoms with Crippen molar-refractivity contribution in [1.82, 2.24) is 4.90 Å². The van der Waals surface area contributed by atoms with E-state index in [1.807, 2.05) is 36.4 Å². The van der Waals surface area contributed by atoms with Gasteiger partial charge in [-0.3, -0.25) is 13.9 Å². The number of rotatable bonds is 10. The van der Waals surface area contributed by atoms with Crippen molar-refractivity contribution in [3.63, 3.8) is 0 Å². The van der Waals surface area contributed by atoms with Gasteiger partial charge in [0.15, 0.2) is 0 Å². The van der Waals surface area contributed by atoms with Gasteiger partial charge < -0.3 is 10.0 Å². The molecule has 1 aliphatic heterocycles. The Bertz CT molecular complexity index is 1560. The van der Waals surface area contributed by atoms with Crippen LogP contribution in [0.25, 0.3) is 0 Å². The van der Waals surface area contributed by atoms with Crippen LogP contribution >= 0.6 is 23.2 Å². The molecule has 4 unspecified atom stereocenters. The number of amides is 1. The SMILES string of the molecule is CC1(CC(=O)O)CC(c2cccc(Cl)c2)C(c2ccc(Cl)cc2)N(C(CN(c2ccccc2)S(C)(=O)=O)C2CC2)C1=O. The Hall–Kier alpha value is -3.07. The predicted molar refractivity (Wildman–Crippen MR) is 165 cm³/mol. The number of piperidine rings is 1. The van der Waals surface area contributed by atoms with Gasteiger partial charge in [0.25, 0.3) is 0 Å². The van der Waals surface area contributed by atoms with E-state index in [1.54, 1.807) is 54.3 Å². The van der Waals surface area contributed by atoms with Gasteiger partial charge in [-0.1, -0.05) is 72.6 Å². The summed E-state index contributed by atoms with van der Waals surface area (Å²) in [6.45, 7) is 1.76. The standard InChI is InChI=1S/C32H34Cl2N2O5S/c1-32(19-29(37)38)18-27(23-7-6-8-25(34)17-23)30(22-13-15-24(33)16-14-22)36(31(32)39)28(21-11-12-21)20-35(42(2,40)41)26-9-4-3-5-10-26/h3-10,13-17,21,27-28,30H,11-12,18-20H2,1-2H3,(H,37,38). The largest absolute Gasteiger partial charge is 0.481 e. The molecule has 0 spiro atoms. The van der Waals surface area contributed by atoms with Crippen molar-refractivity contribution in [2.24, 2.45) is 11.3 Å². The lowest BCUT2D eigenvalue weighted by molar-refractivity contribution is -0.160. The summed E-state index contributed by atoms with van der Waals surface area (Å²) >= 11 is 12.7. The Kier molecular flexibility index (Phi) is 8.61. The summed E-state index contributed by atoms with van der Waals surface area (Å²) in [4.78, 5) is 28.6. The number of nitrogens with zero attached hydrogens (tertiary/aromatic N) is 2. The van der Waals surface area contributed by atoms with Gasteiger partial charge in [0.2, 0.25) is 15.9 Å². The first kappa shape index (κ1) is 30.4. The maximum Gasteiger partial charge on any atom is 0.304 e. The predicted octanol–water partition coefficient (Wildman–Crippen LogP) is 6.78. The first-order valence-corrected chi connectivity index (χ1v) is 16.6. The Labute approximate surface area is 257 Å². The molecule has 1 amide bonds. The lowest BCUT2D eigenvalue weighted by atomic mass is 9.67. The maximum atomic E-state index is 14.7. The molecule has 2 fully saturated rings. The number of aliphatic carboxylic acids is 1. The molecule has 3 aromatic carbocycles. The highest BCUT2D eigenvalue weighted by atomic mass is 35.5. The molecular formula is C32H34Cl2N2O5S. The minimum atomic E-state index is -3.72. The Morgan fingerprint density at radius 1 is 1.00 bits per heavy atom. The molecular weight excluding hydrogens is 595 g/mol. The Morgan fingerprint density at radius 2 is 1.67 bits per heavy atom. The molecule has 1 heterocycles. The zero-order chi connectivity index (χ0) is 30.2. The van der Waals surface area contributed by atoms with Gasteiger partial charge in [0.1, 0.15) is 0 Å². The maximum absolute atomic E-state index is 14.7. The minimum Gasteiger partial charge on any atom is -0.481 e. The minimum absolute atomic E-state index is 0.0504. The van der Waals surface area contributed by atoms with Crippen molar-refractivity contribution in [3.8, 4) is 0 Å². The van der Waals surface area contributed by atoms with Gasteiger partial charge >= 0.3 is 5.97 Å². The highest BCUT2D eigenvalue weighted by Crippen LogP contribution is 2.54. The summed E-state index contributed by atoms with van der Waals surface area (Å²) in [6.07, 6.45) is 2.78. The summed E-state index contributed by atoms with van der Waals surface area (Å²) in [5.74, 6) is -1.60. The molecule has 1 aliphatic carbocycles. The summed E-state index contributed by atoms with van der Waals surface area (Å²) in [7, 11) is -3.72. The third kappa shape index (κ3) is 6.46. The molecule has 0 aromatic heterocycles. The van der Waals surface area contributed by atoms with Gasteiger partial charge in [0, 0.05) is 16.0 Å². The molecule has 1 saturated heterocycles. The average Bonchev–Trinajstić information content (AvgIpc) is 3.76. The number of benzene rings is 3. The molecule has 1 N–H and O–H groups in total. The van der Waals surface area contributed by atoms with Gasteiger partial charge in [-0.15, -0.1) is 0 Å². The third-order valence-corrected chi connectivity index (χ3v) is 10.1. The highest BCUT2D eigenvalue weighted by Gasteiger charge is 2.55. The molecule has 0 radical (unpaired) electrons. The second-order valence-corrected chi connectivity index (χ2v) is 14.5. The fraction of sp³-hybridized carbons (Fsp3) is 0.375. The first-order valence-electron chi connectivity index (χ1n) is 14.0. The second-order valence-electron chi connectivity index (χ2n) is 11.7. The summed E-state index contributed by atoms with van der Waals surface area (Å²) in [5, 5.41) is 11.0. The molecule has 42 heavy (non-hydrogen) atoms. The van der Waals surface area contributed by atoms with Crippen molar-refractivity contribution in [3.05, 3.63) is 100 Å².